The molecule has 0 bridgehead atoms. The van der Waals surface area contributed by atoms with Crippen LogP contribution in [0.5, 0.6) is 0 Å². The molecule has 0 amide bonds. The number of hydrogen-bond donors (Lipinski definition) is 2. The summed E-state index contributed by atoms with van der Waals surface area (Å²) in [5.41, 5.74) is 0. The zero-order valence-electron chi connectivity index (χ0n) is 14.2. The van der Waals surface area contributed by atoms with Crippen molar-refractivity contribution < 1.29 is 17.9 Å². The van der Waals surface area contributed by atoms with Gasteiger partial charge in [0.05, 0.1) is 6.54 Å². The molecule has 23 heavy (non-hydrogen) atoms. The van der Waals surface area contributed by atoms with Crippen molar-refractivity contribution in [1.82, 2.24) is 15.5 Å². The number of nitrogens with one attached hydrogen (secondary N) is 2. The number of ether oxygens (including phenoxy) is 1. The molecule has 0 radical (unpaired) electrons. The molecule has 1 aliphatic rings. The predicted octanol–water partition coefficient (Wildman–Crippen LogP) is 1.85. The van der Waals surface area contributed by atoms with E-state index in [1.807, 2.05) is 0 Å². The molecular weight excluding hydrogens is 309 g/mol. The number of rotatable bonds is 8. The van der Waals surface area contributed by atoms with Gasteiger partial charge in [0, 0.05) is 45.9 Å². The molecule has 1 atom stereocenters. The van der Waals surface area contributed by atoms with Crippen LogP contribution >= 0.6 is 0 Å². The van der Waals surface area contributed by atoms with Gasteiger partial charge in [-0.1, -0.05) is 13.8 Å². The van der Waals surface area contributed by atoms with E-state index in [9.17, 15) is 13.2 Å². The zero-order chi connectivity index (χ0) is 17.3. The molecule has 0 aromatic rings. The van der Waals surface area contributed by atoms with Gasteiger partial charge in [-0.15, -0.1) is 0 Å². The summed E-state index contributed by atoms with van der Waals surface area (Å²) in [5.74, 6) is 1.16. The number of aliphatic imine (C=N–C) groups is 1. The Morgan fingerprint density at radius 1 is 1.39 bits per heavy atom. The van der Waals surface area contributed by atoms with E-state index in [4.69, 9.17) is 4.74 Å². The van der Waals surface area contributed by atoms with Crippen molar-refractivity contribution in [1.29, 1.82) is 0 Å². The molecule has 5 nitrogen and oxygen atoms in total. The Balaban J connectivity index is 2.17. The van der Waals surface area contributed by atoms with E-state index in [0.717, 1.165) is 19.6 Å². The van der Waals surface area contributed by atoms with Gasteiger partial charge in [-0.25, -0.2) is 0 Å². The number of likely N-dealkylation sites (tertiary alicyclic amines) is 1. The van der Waals surface area contributed by atoms with Crippen molar-refractivity contribution in [2.45, 2.75) is 38.9 Å². The fraction of sp³-hybridized carbons (Fsp3) is 0.933. The smallest absolute Gasteiger partial charge is 0.381 e. The van der Waals surface area contributed by atoms with E-state index >= 15 is 0 Å². The standard InChI is InChI=1S/C15H29F3N4O/c1-12(2)10-23-8-4-6-20-14(19-3)21-13-5-7-22(9-13)11-15(16,17)18/h12-13H,4-11H2,1-3H3,(H2,19,20,21). The quantitative estimate of drug-likeness (QED) is 0.403. The molecule has 1 heterocycles. The van der Waals surface area contributed by atoms with Crippen LogP contribution in [0.15, 0.2) is 4.99 Å². The predicted molar refractivity (Wildman–Crippen MR) is 85.7 cm³/mol. The van der Waals surface area contributed by atoms with E-state index in [1.165, 1.54) is 4.90 Å². The van der Waals surface area contributed by atoms with Crippen LogP contribution in [0.2, 0.25) is 0 Å². The van der Waals surface area contributed by atoms with Crippen LogP contribution in [0, 0.1) is 5.92 Å². The molecule has 1 unspecified atom stereocenters. The Morgan fingerprint density at radius 2 is 2.13 bits per heavy atom. The summed E-state index contributed by atoms with van der Waals surface area (Å²) in [4.78, 5) is 5.53. The highest BCUT2D eigenvalue weighted by atomic mass is 19.4. The summed E-state index contributed by atoms with van der Waals surface area (Å²) in [6.45, 7) is 6.37. The van der Waals surface area contributed by atoms with Gasteiger partial charge in [-0.2, -0.15) is 13.2 Å². The van der Waals surface area contributed by atoms with Crippen molar-refractivity contribution in [3.05, 3.63) is 0 Å². The number of halogens is 3. The monoisotopic (exact) mass is 338 g/mol. The summed E-state index contributed by atoms with van der Waals surface area (Å²) in [5, 5.41) is 6.35. The zero-order valence-corrected chi connectivity index (χ0v) is 14.2. The van der Waals surface area contributed by atoms with Gasteiger partial charge in [0.2, 0.25) is 0 Å². The fourth-order valence-electron chi connectivity index (χ4n) is 2.44. The summed E-state index contributed by atoms with van der Waals surface area (Å²) in [6, 6.07) is 0.000686. The summed E-state index contributed by atoms with van der Waals surface area (Å²) >= 11 is 0. The number of hydrogen-bond acceptors (Lipinski definition) is 3. The van der Waals surface area contributed by atoms with Crippen LogP contribution in [0.4, 0.5) is 13.2 Å². The van der Waals surface area contributed by atoms with Gasteiger partial charge in [-0.3, -0.25) is 9.89 Å². The van der Waals surface area contributed by atoms with E-state index in [-0.39, 0.29) is 6.04 Å². The van der Waals surface area contributed by atoms with Crippen molar-refractivity contribution in [2.24, 2.45) is 10.9 Å². The van der Waals surface area contributed by atoms with Crippen molar-refractivity contribution in [3.63, 3.8) is 0 Å². The van der Waals surface area contributed by atoms with Gasteiger partial charge in [0.25, 0.3) is 0 Å². The molecular formula is C15H29F3N4O. The van der Waals surface area contributed by atoms with Crippen molar-refractivity contribution in [2.75, 3.05) is 46.4 Å². The summed E-state index contributed by atoms with van der Waals surface area (Å²) < 4.78 is 42.6. The van der Waals surface area contributed by atoms with E-state index in [0.29, 0.717) is 38.0 Å². The molecule has 0 aromatic heterocycles. The first-order valence-corrected chi connectivity index (χ1v) is 8.14. The summed E-state index contributed by atoms with van der Waals surface area (Å²) in [6.07, 6.45) is -2.59. The first-order chi connectivity index (χ1) is 10.8. The summed E-state index contributed by atoms with van der Waals surface area (Å²) in [7, 11) is 1.66. The third-order valence-corrected chi connectivity index (χ3v) is 3.45. The van der Waals surface area contributed by atoms with Crippen LogP contribution in [0.25, 0.3) is 0 Å². The molecule has 0 spiro atoms. The second-order valence-electron chi connectivity index (χ2n) is 6.30. The maximum absolute atomic E-state index is 12.4. The highest BCUT2D eigenvalue weighted by Crippen LogP contribution is 2.19. The Hall–Kier alpha value is -1.02. The first kappa shape index (κ1) is 20.0. The Kier molecular flexibility index (Phi) is 8.68. The third-order valence-electron chi connectivity index (χ3n) is 3.45. The van der Waals surface area contributed by atoms with Gasteiger partial charge in [0.1, 0.15) is 0 Å². The van der Waals surface area contributed by atoms with Crippen LogP contribution in [-0.4, -0.2) is 69.5 Å². The number of guanidine groups is 1. The Morgan fingerprint density at radius 3 is 2.74 bits per heavy atom. The second-order valence-corrected chi connectivity index (χ2v) is 6.30. The van der Waals surface area contributed by atoms with Crippen molar-refractivity contribution >= 4 is 5.96 Å². The van der Waals surface area contributed by atoms with E-state index < -0.39 is 12.7 Å². The molecule has 0 aromatic carbocycles. The molecule has 2 N–H and O–H groups in total. The van der Waals surface area contributed by atoms with E-state index in [2.05, 4.69) is 29.5 Å². The van der Waals surface area contributed by atoms with Crippen LogP contribution in [0.3, 0.4) is 0 Å². The average Bonchev–Trinajstić information content (AvgIpc) is 2.85. The Labute approximate surface area is 136 Å². The lowest BCUT2D eigenvalue weighted by Gasteiger charge is -2.19. The van der Waals surface area contributed by atoms with Crippen LogP contribution in [-0.2, 0) is 4.74 Å². The second kappa shape index (κ2) is 9.97. The van der Waals surface area contributed by atoms with Crippen LogP contribution < -0.4 is 10.6 Å². The maximum atomic E-state index is 12.4. The highest BCUT2D eigenvalue weighted by Gasteiger charge is 2.34. The molecule has 0 aliphatic carbocycles. The minimum absolute atomic E-state index is 0.000686. The average molecular weight is 338 g/mol. The molecule has 136 valence electrons. The topological polar surface area (TPSA) is 48.9 Å². The Bertz CT molecular complexity index is 361. The third kappa shape index (κ3) is 9.65. The van der Waals surface area contributed by atoms with Gasteiger partial charge in [0.15, 0.2) is 5.96 Å². The lowest BCUT2D eigenvalue weighted by molar-refractivity contribution is -0.143. The maximum Gasteiger partial charge on any atom is 0.401 e. The molecule has 8 heteroatoms. The van der Waals surface area contributed by atoms with Crippen LogP contribution in [0.1, 0.15) is 26.7 Å². The SMILES string of the molecule is CN=C(NCCCOCC(C)C)NC1CCN(CC(F)(F)F)C1. The largest absolute Gasteiger partial charge is 0.401 e. The van der Waals surface area contributed by atoms with Gasteiger partial charge >= 0.3 is 6.18 Å². The molecule has 1 fully saturated rings. The fourth-order valence-corrected chi connectivity index (χ4v) is 2.44. The number of nitrogens with zero attached hydrogens (tertiary/aromatic N) is 2. The minimum Gasteiger partial charge on any atom is -0.381 e. The molecule has 1 rings (SSSR count). The first-order valence-electron chi connectivity index (χ1n) is 8.14. The van der Waals surface area contributed by atoms with E-state index in [1.54, 1.807) is 7.05 Å². The number of alkyl halides is 3. The molecule has 1 saturated heterocycles. The van der Waals surface area contributed by atoms with Crippen molar-refractivity contribution in [3.8, 4) is 0 Å². The molecule has 0 saturated carbocycles. The lowest BCUT2D eigenvalue weighted by atomic mass is 10.2. The minimum atomic E-state index is -4.13. The lowest BCUT2D eigenvalue weighted by Crippen LogP contribution is -2.45. The van der Waals surface area contributed by atoms with Gasteiger partial charge < -0.3 is 15.4 Å². The highest BCUT2D eigenvalue weighted by molar-refractivity contribution is 5.79. The molecule has 1 aliphatic heterocycles. The normalized spacial score (nSPS) is 20.3. The van der Waals surface area contributed by atoms with Gasteiger partial charge in [-0.05, 0) is 18.8 Å².